The highest BCUT2D eigenvalue weighted by molar-refractivity contribution is 7.90. The molecule has 1 aromatic carbocycles. The summed E-state index contributed by atoms with van der Waals surface area (Å²) in [5.74, 6) is -1.07. The molecule has 2 rings (SSSR count). The number of hydrogen-bond acceptors (Lipinski definition) is 3. The maximum absolute atomic E-state index is 11.3. The van der Waals surface area contributed by atoms with Gasteiger partial charge in [0.15, 0.2) is 9.84 Å². The van der Waals surface area contributed by atoms with Gasteiger partial charge >= 0.3 is 5.97 Å². The Hall–Kier alpha value is -1.79. The first-order valence-electron chi connectivity index (χ1n) is 5.65. The lowest BCUT2D eigenvalue weighted by atomic mass is 10.2. The van der Waals surface area contributed by atoms with Gasteiger partial charge in [-0.3, -0.25) is 0 Å². The molecule has 2 aromatic rings. The topological polar surface area (TPSA) is 76.4 Å². The van der Waals surface area contributed by atoms with Crippen LogP contribution in [0.5, 0.6) is 0 Å². The van der Waals surface area contributed by atoms with Gasteiger partial charge in [-0.1, -0.05) is 23.7 Å². The Kier molecular flexibility index (Phi) is 3.87. The molecule has 0 fully saturated rings. The van der Waals surface area contributed by atoms with E-state index in [-0.39, 0.29) is 10.6 Å². The molecule has 0 radical (unpaired) electrons. The van der Waals surface area contributed by atoms with Crippen molar-refractivity contribution in [3.8, 4) is 0 Å². The summed E-state index contributed by atoms with van der Waals surface area (Å²) in [6.45, 7) is 0.304. The van der Waals surface area contributed by atoms with E-state index in [0.29, 0.717) is 11.6 Å². The molecule has 0 spiro atoms. The largest absolute Gasteiger partial charge is 0.477 e. The number of sulfone groups is 1. The van der Waals surface area contributed by atoms with Crippen molar-refractivity contribution in [1.82, 2.24) is 4.57 Å². The minimum atomic E-state index is -3.23. The van der Waals surface area contributed by atoms with Crippen LogP contribution in [0.1, 0.15) is 16.1 Å². The third kappa shape index (κ3) is 3.20. The number of benzene rings is 1. The molecule has 0 amide bonds. The van der Waals surface area contributed by atoms with Crippen molar-refractivity contribution < 1.29 is 18.3 Å². The van der Waals surface area contributed by atoms with Crippen molar-refractivity contribution >= 4 is 27.4 Å². The van der Waals surface area contributed by atoms with E-state index in [1.54, 1.807) is 12.1 Å². The molecule has 5 nitrogen and oxygen atoms in total. The average Bonchev–Trinajstić information content (AvgIpc) is 2.70. The third-order valence-corrected chi connectivity index (χ3v) is 4.12. The first-order valence-corrected chi connectivity index (χ1v) is 7.92. The summed E-state index contributed by atoms with van der Waals surface area (Å²) in [4.78, 5) is 11.3. The molecule has 0 aliphatic heterocycles. The summed E-state index contributed by atoms with van der Waals surface area (Å²) in [5.41, 5.74) is 0.870. The van der Waals surface area contributed by atoms with E-state index in [2.05, 4.69) is 0 Å². The van der Waals surface area contributed by atoms with Crippen LogP contribution in [0.3, 0.4) is 0 Å². The molecule has 106 valence electrons. The monoisotopic (exact) mass is 313 g/mol. The highest BCUT2D eigenvalue weighted by Gasteiger charge is 2.12. The highest BCUT2D eigenvalue weighted by Crippen LogP contribution is 2.17. The van der Waals surface area contributed by atoms with Crippen LogP contribution >= 0.6 is 11.6 Å². The standard InChI is InChI=1S/C13H12ClNO4S/c1-20(18,19)11-4-2-9(3-5-11)7-15-8-10(14)6-12(15)13(16)17/h2-6,8H,7H2,1H3,(H,16,17). The van der Waals surface area contributed by atoms with Gasteiger partial charge in [0, 0.05) is 19.0 Å². The minimum Gasteiger partial charge on any atom is -0.477 e. The fourth-order valence-electron chi connectivity index (χ4n) is 1.82. The first kappa shape index (κ1) is 14.6. The Bertz CT molecular complexity index is 747. The Labute approximate surface area is 121 Å². The SMILES string of the molecule is CS(=O)(=O)c1ccc(Cn2cc(Cl)cc2C(=O)O)cc1. The predicted molar refractivity (Wildman–Crippen MR) is 75.1 cm³/mol. The van der Waals surface area contributed by atoms with Crippen LogP contribution in [0.4, 0.5) is 0 Å². The van der Waals surface area contributed by atoms with E-state index in [1.165, 1.54) is 29.0 Å². The van der Waals surface area contributed by atoms with Gasteiger partial charge in [0.25, 0.3) is 0 Å². The van der Waals surface area contributed by atoms with Crippen molar-refractivity contribution in [2.75, 3.05) is 6.26 Å². The Morgan fingerprint density at radius 2 is 1.90 bits per heavy atom. The van der Waals surface area contributed by atoms with Gasteiger partial charge in [0.05, 0.1) is 9.92 Å². The molecule has 20 heavy (non-hydrogen) atoms. The zero-order valence-corrected chi connectivity index (χ0v) is 12.1. The van der Waals surface area contributed by atoms with Gasteiger partial charge in [-0.15, -0.1) is 0 Å². The number of halogens is 1. The zero-order valence-electron chi connectivity index (χ0n) is 10.6. The molecule has 0 bridgehead atoms. The molecule has 0 saturated carbocycles. The number of carboxylic acid groups (broad SMARTS) is 1. The van der Waals surface area contributed by atoms with E-state index in [1.807, 2.05) is 0 Å². The molecular weight excluding hydrogens is 302 g/mol. The summed E-state index contributed by atoms with van der Waals surface area (Å²) >= 11 is 5.80. The van der Waals surface area contributed by atoms with E-state index in [9.17, 15) is 13.2 Å². The number of nitrogens with zero attached hydrogens (tertiary/aromatic N) is 1. The van der Waals surface area contributed by atoms with Gasteiger partial charge in [-0.25, -0.2) is 13.2 Å². The van der Waals surface area contributed by atoms with Crippen molar-refractivity contribution in [3.63, 3.8) is 0 Å². The summed E-state index contributed by atoms with van der Waals surface area (Å²) in [6.07, 6.45) is 2.66. The molecule has 0 aliphatic rings. The Morgan fingerprint density at radius 1 is 1.30 bits per heavy atom. The molecule has 0 atom stereocenters. The van der Waals surface area contributed by atoms with Gasteiger partial charge < -0.3 is 9.67 Å². The third-order valence-electron chi connectivity index (χ3n) is 2.79. The number of carboxylic acids is 1. The lowest BCUT2D eigenvalue weighted by Gasteiger charge is -2.07. The van der Waals surface area contributed by atoms with Crippen LogP contribution in [0, 0.1) is 0 Å². The van der Waals surface area contributed by atoms with E-state index in [0.717, 1.165) is 11.8 Å². The Balaban J connectivity index is 2.29. The van der Waals surface area contributed by atoms with Crippen molar-refractivity contribution in [2.24, 2.45) is 0 Å². The fourth-order valence-corrected chi connectivity index (χ4v) is 2.67. The van der Waals surface area contributed by atoms with Crippen molar-refractivity contribution in [2.45, 2.75) is 11.4 Å². The summed E-state index contributed by atoms with van der Waals surface area (Å²) < 4.78 is 24.2. The van der Waals surface area contributed by atoms with Crippen molar-refractivity contribution in [1.29, 1.82) is 0 Å². The van der Waals surface area contributed by atoms with Crippen LogP contribution in [0.15, 0.2) is 41.4 Å². The number of carbonyl (C=O) groups is 1. The number of rotatable bonds is 4. The zero-order chi connectivity index (χ0) is 14.9. The van der Waals surface area contributed by atoms with Gasteiger partial charge in [0.1, 0.15) is 5.69 Å². The molecule has 1 heterocycles. The predicted octanol–water partition coefficient (Wildman–Crippen LogP) is 2.29. The van der Waals surface area contributed by atoms with Gasteiger partial charge in [0.2, 0.25) is 0 Å². The summed E-state index contributed by atoms with van der Waals surface area (Å²) in [7, 11) is -3.23. The van der Waals surface area contributed by atoms with Gasteiger partial charge in [-0.05, 0) is 23.8 Å². The molecule has 1 N–H and O–H groups in total. The molecule has 7 heteroatoms. The molecular formula is C13H12ClNO4S. The molecule has 0 aliphatic carbocycles. The lowest BCUT2D eigenvalue weighted by Crippen LogP contribution is -2.08. The lowest BCUT2D eigenvalue weighted by molar-refractivity contribution is 0.0685. The average molecular weight is 314 g/mol. The maximum atomic E-state index is 11.3. The van der Waals surface area contributed by atoms with Crippen LogP contribution in [0.2, 0.25) is 5.02 Å². The highest BCUT2D eigenvalue weighted by atomic mass is 35.5. The second-order valence-electron chi connectivity index (χ2n) is 4.39. The van der Waals surface area contributed by atoms with E-state index in [4.69, 9.17) is 16.7 Å². The van der Waals surface area contributed by atoms with Crippen LogP contribution < -0.4 is 0 Å². The second kappa shape index (κ2) is 5.30. The van der Waals surface area contributed by atoms with Crippen LogP contribution in [0.25, 0.3) is 0 Å². The number of aromatic carboxylic acids is 1. The summed E-state index contributed by atoms with van der Waals surface area (Å²) in [5, 5.41) is 9.39. The van der Waals surface area contributed by atoms with E-state index < -0.39 is 15.8 Å². The smallest absolute Gasteiger partial charge is 0.352 e. The first-order chi connectivity index (χ1) is 9.27. The number of hydrogen-bond donors (Lipinski definition) is 1. The van der Waals surface area contributed by atoms with Gasteiger partial charge in [-0.2, -0.15) is 0 Å². The van der Waals surface area contributed by atoms with Crippen LogP contribution in [-0.4, -0.2) is 30.3 Å². The number of aromatic nitrogens is 1. The van der Waals surface area contributed by atoms with Crippen LogP contribution in [-0.2, 0) is 16.4 Å². The van der Waals surface area contributed by atoms with E-state index >= 15 is 0 Å². The fraction of sp³-hybridized carbons (Fsp3) is 0.154. The summed E-state index contributed by atoms with van der Waals surface area (Å²) in [6, 6.07) is 7.66. The minimum absolute atomic E-state index is 0.0854. The molecule has 0 saturated heterocycles. The van der Waals surface area contributed by atoms with Crippen molar-refractivity contribution in [3.05, 3.63) is 52.8 Å². The molecule has 0 unspecified atom stereocenters. The molecule has 1 aromatic heterocycles. The quantitative estimate of drug-likeness (QED) is 0.939. The Morgan fingerprint density at radius 3 is 2.40 bits per heavy atom. The normalized spacial score (nSPS) is 11.5. The maximum Gasteiger partial charge on any atom is 0.352 e. The second-order valence-corrected chi connectivity index (χ2v) is 6.84.